The standard InChI is InChI=1S/C31H22FNO/c32-23-17-14-21(15-18-23)28(29-24-11-5-4-8-20(24)16-19-27(29)34)30-25-12-6-7-13-26(25)33-31(30)22-9-2-1-3-10-22/h1-19,28,33-34H/t28-/m0/s1. The molecule has 1 heterocycles. The van der Waals surface area contributed by atoms with Gasteiger partial charge in [-0.2, -0.15) is 0 Å². The van der Waals surface area contributed by atoms with Crippen molar-refractivity contribution in [2.24, 2.45) is 0 Å². The Bertz CT molecular complexity index is 1620. The van der Waals surface area contributed by atoms with Crippen LogP contribution in [0.2, 0.25) is 0 Å². The van der Waals surface area contributed by atoms with Crippen molar-refractivity contribution in [2.75, 3.05) is 0 Å². The second-order valence-corrected chi connectivity index (χ2v) is 8.53. The van der Waals surface area contributed by atoms with E-state index in [0.29, 0.717) is 0 Å². The minimum atomic E-state index is -0.321. The van der Waals surface area contributed by atoms with Gasteiger partial charge in [-0.05, 0) is 51.7 Å². The van der Waals surface area contributed by atoms with E-state index in [4.69, 9.17) is 0 Å². The zero-order valence-corrected chi connectivity index (χ0v) is 18.4. The summed E-state index contributed by atoms with van der Waals surface area (Å²) in [6, 6.07) is 36.8. The van der Waals surface area contributed by atoms with E-state index < -0.39 is 0 Å². The molecule has 6 aromatic rings. The fourth-order valence-corrected chi connectivity index (χ4v) is 5.02. The van der Waals surface area contributed by atoms with Gasteiger partial charge in [0.1, 0.15) is 11.6 Å². The van der Waals surface area contributed by atoms with Crippen LogP contribution in [0.5, 0.6) is 5.75 Å². The zero-order chi connectivity index (χ0) is 23.1. The Balaban J connectivity index is 1.75. The maximum Gasteiger partial charge on any atom is 0.123 e. The highest BCUT2D eigenvalue weighted by Gasteiger charge is 2.28. The van der Waals surface area contributed by atoms with Gasteiger partial charge in [-0.15, -0.1) is 0 Å². The van der Waals surface area contributed by atoms with Gasteiger partial charge in [0.05, 0.1) is 5.69 Å². The number of aromatic hydroxyl groups is 1. The number of aromatic nitrogens is 1. The number of H-pyrrole nitrogens is 1. The van der Waals surface area contributed by atoms with Gasteiger partial charge in [0.25, 0.3) is 0 Å². The highest BCUT2D eigenvalue weighted by molar-refractivity contribution is 5.95. The number of halogens is 1. The molecule has 0 bridgehead atoms. The Morgan fingerprint density at radius 2 is 1.29 bits per heavy atom. The van der Waals surface area contributed by atoms with E-state index in [9.17, 15) is 9.50 Å². The second kappa shape index (κ2) is 8.20. The zero-order valence-electron chi connectivity index (χ0n) is 18.4. The Labute approximate surface area is 196 Å². The van der Waals surface area contributed by atoms with Crippen molar-refractivity contribution in [3.8, 4) is 17.0 Å². The summed E-state index contributed by atoms with van der Waals surface area (Å²) < 4.78 is 14.0. The molecule has 3 heteroatoms. The molecule has 5 aromatic carbocycles. The molecule has 2 nitrogen and oxygen atoms in total. The van der Waals surface area contributed by atoms with Gasteiger partial charge in [-0.1, -0.05) is 91.0 Å². The van der Waals surface area contributed by atoms with Crippen molar-refractivity contribution in [2.45, 2.75) is 5.92 Å². The molecule has 1 aromatic heterocycles. The van der Waals surface area contributed by atoms with E-state index in [1.165, 1.54) is 12.1 Å². The smallest absolute Gasteiger partial charge is 0.123 e. The minimum Gasteiger partial charge on any atom is -0.508 e. The average Bonchev–Trinajstić information content (AvgIpc) is 3.26. The molecule has 34 heavy (non-hydrogen) atoms. The number of rotatable bonds is 4. The SMILES string of the molecule is Oc1ccc2ccccc2c1[C@H](c1ccc(F)cc1)c1c(-c2ccccc2)[nH]c2ccccc12. The molecule has 0 saturated heterocycles. The number of para-hydroxylation sites is 1. The molecule has 0 radical (unpaired) electrons. The van der Waals surface area contributed by atoms with Crippen LogP contribution in [0.25, 0.3) is 32.9 Å². The van der Waals surface area contributed by atoms with Crippen molar-refractivity contribution in [1.29, 1.82) is 0 Å². The molecular weight excluding hydrogens is 421 g/mol. The fourth-order valence-electron chi connectivity index (χ4n) is 5.02. The Morgan fingerprint density at radius 1 is 0.618 bits per heavy atom. The van der Waals surface area contributed by atoms with E-state index in [-0.39, 0.29) is 17.5 Å². The normalized spacial score (nSPS) is 12.3. The Hall–Kier alpha value is -4.37. The van der Waals surface area contributed by atoms with Gasteiger partial charge < -0.3 is 10.1 Å². The van der Waals surface area contributed by atoms with E-state index in [0.717, 1.165) is 49.6 Å². The molecule has 0 saturated carbocycles. The molecule has 0 fully saturated rings. The summed E-state index contributed by atoms with van der Waals surface area (Å²) in [7, 11) is 0. The maximum atomic E-state index is 14.0. The number of phenols is 1. The molecule has 164 valence electrons. The van der Waals surface area contributed by atoms with Gasteiger partial charge >= 0.3 is 0 Å². The Morgan fingerprint density at radius 3 is 2.09 bits per heavy atom. The summed E-state index contributed by atoms with van der Waals surface area (Å²) in [6.07, 6.45) is 0. The predicted molar refractivity (Wildman–Crippen MR) is 137 cm³/mol. The Kier molecular flexibility index (Phi) is 4.88. The number of benzene rings is 5. The number of fused-ring (bicyclic) bond motifs is 2. The van der Waals surface area contributed by atoms with Gasteiger partial charge in [-0.3, -0.25) is 0 Å². The number of hydrogen-bond donors (Lipinski definition) is 2. The van der Waals surface area contributed by atoms with Crippen LogP contribution in [0.1, 0.15) is 22.6 Å². The van der Waals surface area contributed by atoms with Crippen LogP contribution in [0.4, 0.5) is 4.39 Å². The van der Waals surface area contributed by atoms with Crippen LogP contribution in [0, 0.1) is 5.82 Å². The van der Waals surface area contributed by atoms with Crippen molar-refractivity contribution < 1.29 is 9.50 Å². The van der Waals surface area contributed by atoms with Crippen LogP contribution >= 0.6 is 0 Å². The molecule has 2 N–H and O–H groups in total. The summed E-state index contributed by atoms with van der Waals surface area (Å²) in [4.78, 5) is 3.62. The minimum absolute atomic E-state index is 0.220. The van der Waals surface area contributed by atoms with E-state index >= 15 is 0 Å². The number of aromatic amines is 1. The van der Waals surface area contributed by atoms with Gasteiger partial charge in [0, 0.05) is 22.4 Å². The first-order valence-corrected chi connectivity index (χ1v) is 11.3. The lowest BCUT2D eigenvalue weighted by atomic mass is 9.80. The van der Waals surface area contributed by atoms with Crippen LogP contribution < -0.4 is 0 Å². The first-order chi connectivity index (χ1) is 16.7. The molecule has 1 atom stereocenters. The molecule has 0 amide bonds. The molecule has 0 aliphatic rings. The number of phenolic OH excluding ortho intramolecular Hbond substituents is 1. The van der Waals surface area contributed by atoms with Gasteiger partial charge in [-0.25, -0.2) is 4.39 Å². The van der Waals surface area contributed by atoms with E-state index in [1.54, 1.807) is 6.07 Å². The van der Waals surface area contributed by atoms with Crippen LogP contribution in [0.15, 0.2) is 115 Å². The average molecular weight is 444 g/mol. The van der Waals surface area contributed by atoms with Crippen molar-refractivity contribution in [3.05, 3.63) is 138 Å². The lowest BCUT2D eigenvalue weighted by Gasteiger charge is -2.23. The topological polar surface area (TPSA) is 36.0 Å². The van der Waals surface area contributed by atoms with Crippen LogP contribution in [-0.2, 0) is 0 Å². The third-order valence-electron chi connectivity index (χ3n) is 6.54. The molecule has 0 aliphatic carbocycles. The van der Waals surface area contributed by atoms with Crippen LogP contribution in [0.3, 0.4) is 0 Å². The third-order valence-corrected chi connectivity index (χ3v) is 6.54. The number of nitrogens with one attached hydrogen (secondary N) is 1. The quantitative estimate of drug-likeness (QED) is 0.284. The first kappa shape index (κ1) is 20.3. The first-order valence-electron chi connectivity index (χ1n) is 11.3. The summed E-state index contributed by atoms with van der Waals surface area (Å²) in [6.45, 7) is 0. The highest BCUT2D eigenvalue weighted by Crippen LogP contribution is 2.46. The molecule has 6 rings (SSSR count). The predicted octanol–water partition coefficient (Wildman–Crippen LogP) is 8.01. The molecule has 0 spiro atoms. The van der Waals surface area contributed by atoms with Gasteiger partial charge in [0.15, 0.2) is 0 Å². The van der Waals surface area contributed by atoms with Crippen molar-refractivity contribution in [1.82, 2.24) is 4.98 Å². The van der Waals surface area contributed by atoms with Gasteiger partial charge in [0.2, 0.25) is 0 Å². The summed E-state index contributed by atoms with van der Waals surface area (Å²) in [5, 5.41) is 14.3. The molecule has 0 aliphatic heterocycles. The highest BCUT2D eigenvalue weighted by atomic mass is 19.1. The molecule has 0 unspecified atom stereocenters. The number of hydrogen-bond acceptors (Lipinski definition) is 1. The fraction of sp³-hybridized carbons (Fsp3) is 0.0323. The largest absolute Gasteiger partial charge is 0.508 e. The summed E-state index contributed by atoms with van der Waals surface area (Å²) in [5.41, 5.74) is 5.84. The third kappa shape index (κ3) is 3.34. The van der Waals surface area contributed by atoms with Crippen LogP contribution in [-0.4, -0.2) is 10.1 Å². The summed E-state index contributed by atoms with van der Waals surface area (Å²) in [5.74, 6) is -0.387. The maximum absolute atomic E-state index is 14.0. The lowest BCUT2D eigenvalue weighted by molar-refractivity contribution is 0.468. The van der Waals surface area contributed by atoms with E-state index in [1.807, 2.05) is 72.8 Å². The van der Waals surface area contributed by atoms with Crippen molar-refractivity contribution in [3.63, 3.8) is 0 Å². The van der Waals surface area contributed by atoms with E-state index in [2.05, 4.69) is 29.2 Å². The monoisotopic (exact) mass is 443 g/mol. The molecular formula is C31H22FNO. The lowest BCUT2D eigenvalue weighted by Crippen LogP contribution is -2.06. The summed E-state index contributed by atoms with van der Waals surface area (Å²) >= 11 is 0. The second-order valence-electron chi connectivity index (χ2n) is 8.53. The van der Waals surface area contributed by atoms with Crippen molar-refractivity contribution >= 4 is 21.7 Å².